The first-order chi connectivity index (χ1) is 11.2. The summed E-state index contributed by atoms with van der Waals surface area (Å²) in [5.41, 5.74) is 6.37. The molecule has 2 unspecified atom stereocenters. The molecule has 4 heteroatoms. The molecule has 1 aliphatic heterocycles. The summed E-state index contributed by atoms with van der Waals surface area (Å²) in [5.74, 6) is 2.86. The number of hydrogen-bond donors (Lipinski definition) is 2. The van der Waals surface area contributed by atoms with E-state index in [1.54, 1.807) is 0 Å². The molecule has 1 heterocycles. The van der Waals surface area contributed by atoms with Crippen molar-refractivity contribution in [2.45, 2.75) is 69.9 Å². The Balaban J connectivity index is 1.26. The van der Waals surface area contributed by atoms with Crippen LogP contribution in [0.3, 0.4) is 0 Å². The number of nitrogens with two attached hydrogens (primary N) is 1. The molecule has 3 saturated carbocycles. The average Bonchev–Trinajstić information content (AvgIpc) is 3.37. The molecular weight excluding hydrogens is 286 g/mol. The number of likely N-dealkylation sites (tertiary alicyclic amines) is 1. The maximum Gasteiger partial charge on any atom is 0.225 e. The van der Waals surface area contributed by atoms with E-state index < -0.39 is 0 Å². The Morgan fingerprint density at radius 3 is 2.26 bits per heavy atom. The first-order valence-electron chi connectivity index (χ1n) is 9.98. The van der Waals surface area contributed by atoms with Crippen molar-refractivity contribution < 1.29 is 4.79 Å². The lowest BCUT2D eigenvalue weighted by Crippen LogP contribution is -2.52. The maximum atomic E-state index is 12.9. The Morgan fingerprint density at radius 1 is 1.00 bits per heavy atom. The van der Waals surface area contributed by atoms with Crippen LogP contribution in [-0.2, 0) is 4.79 Å². The van der Waals surface area contributed by atoms with Crippen molar-refractivity contribution in [2.75, 3.05) is 19.6 Å². The van der Waals surface area contributed by atoms with Gasteiger partial charge in [0, 0.05) is 31.1 Å². The molecule has 1 saturated heterocycles. The SMILES string of the molecule is NC1C2CCCC1CC(C(=O)N1CCC(NCC3CC3)CC1)C2. The zero-order valence-electron chi connectivity index (χ0n) is 14.4. The zero-order chi connectivity index (χ0) is 15.8. The third-order valence-electron chi connectivity index (χ3n) is 6.96. The fourth-order valence-corrected chi connectivity index (χ4v) is 5.21. The second kappa shape index (κ2) is 6.72. The molecule has 0 aromatic heterocycles. The summed E-state index contributed by atoms with van der Waals surface area (Å²) < 4.78 is 0. The van der Waals surface area contributed by atoms with E-state index in [2.05, 4.69) is 10.2 Å². The minimum absolute atomic E-state index is 0.265. The fourth-order valence-electron chi connectivity index (χ4n) is 5.21. The van der Waals surface area contributed by atoms with Crippen molar-refractivity contribution in [3.63, 3.8) is 0 Å². The lowest BCUT2D eigenvalue weighted by molar-refractivity contribution is -0.139. The Kier molecular flexibility index (Phi) is 4.64. The van der Waals surface area contributed by atoms with Crippen LogP contribution in [0.25, 0.3) is 0 Å². The summed E-state index contributed by atoms with van der Waals surface area (Å²) >= 11 is 0. The van der Waals surface area contributed by atoms with Crippen LogP contribution in [0.5, 0.6) is 0 Å². The second-order valence-electron chi connectivity index (χ2n) is 8.65. The first kappa shape index (κ1) is 15.9. The third kappa shape index (κ3) is 3.58. The van der Waals surface area contributed by atoms with E-state index in [0.717, 1.165) is 44.7 Å². The van der Waals surface area contributed by atoms with Crippen molar-refractivity contribution in [1.29, 1.82) is 0 Å². The topological polar surface area (TPSA) is 58.4 Å². The number of nitrogens with zero attached hydrogens (tertiary/aromatic N) is 1. The van der Waals surface area contributed by atoms with E-state index >= 15 is 0 Å². The zero-order valence-corrected chi connectivity index (χ0v) is 14.4. The van der Waals surface area contributed by atoms with Crippen molar-refractivity contribution in [3.05, 3.63) is 0 Å². The van der Waals surface area contributed by atoms with Gasteiger partial charge in [-0.05, 0) is 75.7 Å². The van der Waals surface area contributed by atoms with Gasteiger partial charge in [-0.1, -0.05) is 6.42 Å². The summed E-state index contributed by atoms with van der Waals surface area (Å²) in [6.07, 6.45) is 11.0. The third-order valence-corrected chi connectivity index (χ3v) is 6.96. The number of amides is 1. The molecule has 4 rings (SSSR count). The number of fused-ring (bicyclic) bond motifs is 2. The van der Waals surface area contributed by atoms with E-state index in [0.29, 0.717) is 29.8 Å². The lowest BCUT2D eigenvalue weighted by Gasteiger charge is -2.45. The minimum atomic E-state index is 0.265. The first-order valence-corrected chi connectivity index (χ1v) is 9.98. The predicted molar refractivity (Wildman–Crippen MR) is 91.9 cm³/mol. The Hall–Kier alpha value is -0.610. The molecule has 0 aromatic carbocycles. The summed E-state index contributed by atoms with van der Waals surface area (Å²) in [4.78, 5) is 15.1. The quantitative estimate of drug-likeness (QED) is 0.834. The van der Waals surface area contributed by atoms with E-state index in [-0.39, 0.29) is 5.92 Å². The van der Waals surface area contributed by atoms with Crippen molar-refractivity contribution in [2.24, 2.45) is 29.4 Å². The fraction of sp³-hybridized carbons (Fsp3) is 0.947. The van der Waals surface area contributed by atoms with Gasteiger partial charge in [-0.3, -0.25) is 4.79 Å². The number of hydrogen-bond acceptors (Lipinski definition) is 3. The largest absolute Gasteiger partial charge is 0.342 e. The molecule has 130 valence electrons. The monoisotopic (exact) mass is 319 g/mol. The smallest absolute Gasteiger partial charge is 0.225 e. The van der Waals surface area contributed by atoms with Gasteiger partial charge in [-0.25, -0.2) is 0 Å². The van der Waals surface area contributed by atoms with Gasteiger partial charge in [0.25, 0.3) is 0 Å². The molecule has 0 spiro atoms. The van der Waals surface area contributed by atoms with Gasteiger partial charge in [-0.2, -0.15) is 0 Å². The van der Waals surface area contributed by atoms with Gasteiger partial charge in [-0.15, -0.1) is 0 Å². The molecule has 4 aliphatic rings. The number of piperidine rings is 1. The van der Waals surface area contributed by atoms with Crippen LogP contribution in [-0.4, -0.2) is 42.5 Å². The number of rotatable bonds is 4. The predicted octanol–water partition coefficient (Wildman–Crippen LogP) is 2.13. The van der Waals surface area contributed by atoms with Crippen LogP contribution in [0.4, 0.5) is 0 Å². The maximum absolute atomic E-state index is 12.9. The van der Waals surface area contributed by atoms with Gasteiger partial charge >= 0.3 is 0 Å². The molecule has 1 amide bonds. The van der Waals surface area contributed by atoms with Crippen LogP contribution in [0.1, 0.15) is 57.8 Å². The molecule has 0 radical (unpaired) electrons. The highest BCUT2D eigenvalue weighted by molar-refractivity contribution is 5.79. The normalized spacial score (nSPS) is 38.6. The standard InChI is InChI=1S/C19H33N3O/c20-18-14-2-1-3-15(18)11-16(10-14)19(23)22-8-6-17(7-9-22)21-12-13-4-5-13/h13-18,21H,1-12,20H2. The van der Waals surface area contributed by atoms with Crippen LogP contribution in [0, 0.1) is 23.7 Å². The van der Waals surface area contributed by atoms with Crippen molar-refractivity contribution in [1.82, 2.24) is 10.2 Å². The molecule has 2 atom stereocenters. The van der Waals surface area contributed by atoms with Crippen molar-refractivity contribution >= 4 is 5.91 Å². The van der Waals surface area contributed by atoms with Crippen LogP contribution in [0.15, 0.2) is 0 Å². The van der Waals surface area contributed by atoms with Crippen LogP contribution >= 0.6 is 0 Å². The van der Waals surface area contributed by atoms with Gasteiger partial charge in [0.05, 0.1) is 0 Å². The van der Waals surface area contributed by atoms with Gasteiger partial charge in [0.1, 0.15) is 0 Å². The van der Waals surface area contributed by atoms with Crippen molar-refractivity contribution in [3.8, 4) is 0 Å². The Labute approximate surface area is 140 Å². The number of carbonyl (C=O) groups excluding carboxylic acids is 1. The summed E-state index contributed by atoms with van der Waals surface area (Å²) in [6, 6.07) is 1.00. The second-order valence-corrected chi connectivity index (χ2v) is 8.65. The van der Waals surface area contributed by atoms with E-state index in [1.165, 1.54) is 38.6 Å². The lowest BCUT2D eigenvalue weighted by atomic mass is 9.65. The minimum Gasteiger partial charge on any atom is -0.342 e. The van der Waals surface area contributed by atoms with E-state index in [4.69, 9.17) is 5.73 Å². The molecule has 4 fully saturated rings. The van der Waals surface area contributed by atoms with Crippen LogP contribution in [0.2, 0.25) is 0 Å². The summed E-state index contributed by atoms with van der Waals surface area (Å²) in [5, 5.41) is 3.71. The highest BCUT2D eigenvalue weighted by Crippen LogP contribution is 2.42. The van der Waals surface area contributed by atoms with E-state index in [1.807, 2.05) is 0 Å². The number of nitrogens with one attached hydrogen (secondary N) is 1. The molecule has 3 N–H and O–H groups in total. The van der Waals surface area contributed by atoms with Crippen LogP contribution < -0.4 is 11.1 Å². The van der Waals surface area contributed by atoms with Gasteiger partial charge in [0.15, 0.2) is 0 Å². The molecule has 2 bridgehead atoms. The Morgan fingerprint density at radius 2 is 1.65 bits per heavy atom. The average molecular weight is 319 g/mol. The molecule has 0 aromatic rings. The number of carbonyl (C=O) groups is 1. The van der Waals surface area contributed by atoms with Gasteiger partial charge < -0.3 is 16.0 Å². The van der Waals surface area contributed by atoms with E-state index in [9.17, 15) is 4.79 Å². The molecule has 4 nitrogen and oxygen atoms in total. The summed E-state index contributed by atoms with van der Waals surface area (Å²) in [7, 11) is 0. The highest BCUT2D eigenvalue weighted by Gasteiger charge is 2.42. The molecule has 23 heavy (non-hydrogen) atoms. The molecule has 3 aliphatic carbocycles. The molecular formula is C19H33N3O. The highest BCUT2D eigenvalue weighted by atomic mass is 16.2. The summed E-state index contributed by atoms with van der Waals surface area (Å²) in [6.45, 7) is 3.11. The van der Waals surface area contributed by atoms with Gasteiger partial charge in [0.2, 0.25) is 5.91 Å². The Bertz CT molecular complexity index is 414.